The van der Waals surface area contributed by atoms with Crippen LogP contribution in [0.2, 0.25) is 0 Å². The number of non-ortho nitro benzene ring substituents is 1. The minimum absolute atomic E-state index is 0.120. The van der Waals surface area contributed by atoms with Gasteiger partial charge in [0.05, 0.1) is 17.5 Å². The van der Waals surface area contributed by atoms with Crippen LogP contribution < -0.4 is 5.32 Å². The third kappa shape index (κ3) is 3.06. The monoisotopic (exact) mass is 303 g/mol. The third-order valence-corrected chi connectivity index (χ3v) is 3.39. The van der Waals surface area contributed by atoms with Crippen molar-refractivity contribution in [3.8, 4) is 0 Å². The van der Waals surface area contributed by atoms with Gasteiger partial charge in [-0.15, -0.1) is 0 Å². The number of nitrogens with one attached hydrogen (secondary N) is 1. The molecule has 0 spiro atoms. The van der Waals surface area contributed by atoms with Gasteiger partial charge in [-0.05, 0) is 12.5 Å². The summed E-state index contributed by atoms with van der Waals surface area (Å²) in [5.74, 6) is 0. The van der Waals surface area contributed by atoms with Crippen molar-refractivity contribution in [1.82, 2.24) is 10.2 Å². The maximum absolute atomic E-state index is 12.6. The van der Waals surface area contributed by atoms with Gasteiger partial charge in [0.15, 0.2) is 0 Å². The molecule has 1 heterocycles. The molecule has 2 amide bonds. The summed E-state index contributed by atoms with van der Waals surface area (Å²) in [7, 11) is 0. The Kier molecular flexibility index (Phi) is 3.75. The zero-order valence-corrected chi connectivity index (χ0v) is 10.9. The van der Waals surface area contributed by atoms with E-state index >= 15 is 0 Å². The van der Waals surface area contributed by atoms with E-state index in [0.717, 1.165) is 4.90 Å². The fraction of sp³-hybridized carbons (Fsp3) is 0.417. The van der Waals surface area contributed by atoms with E-state index in [1.165, 1.54) is 24.3 Å². The molecule has 1 aromatic carbocycles. The van der Waals surface area contributed by atoms with Crippen LogP contribution in [0.5, 0.6) is 0 Å². The summed E-state index contributed by atoms with van der Waals surface area (Å²) in [6.45, 7) is 1.08. The van der Waals surface area contributed by atoms with Crippen LogP contribution in [0.3, 0.4) is 0 Å². The molecule has 0 radical (unpaired) electrons. The molecule has 1 N–H and O–H groups in total. The standard InChI is InChI=1S/C12H12F3N3O3/c1-7(8-2-4-9(5-3-8)18(20)21)17-6-10(12(13,14)15)16-11(17)19/h2-5,7,10H,6H2,1H3,(H,16,19)/t7?,10-/m0/s1. The Morgan fingerprint density at radius 2 is 1.95 bits per heavy atom. The van der Waals surface area contributed by atoms with Crippen molar-refractivity contribution in [1.29, 1.82) is 0 Å². The molecule has 1 saturated heterocycles. The number of hydrogen-bond donors (Lipinski definition) is 1. The fourth-order valence-corrected chi connectivity index (χ4v) is 2.13. The van der Waals surface area contributed by atoms with Gasteiger partial charge in [0.1, 0.15) is 6.04 Å². The van der Waals surface area contributed by atoms with E-state index in [4.69, 9.17) is 0 Å². The molecule has 1 aliphatic rings. The zero-order chi connectivity index (χ0) is 15.8. The second kappa shape index (κ2) is 5.23. The van der Waals surface area contributed by atoms with E-state index in [0.29, 0.717) is 5.56 Å². The van der Waals surface area contributed by atoms with Gasteiger partial charge in [-0.2, -0.15) is 13.2 Å². The molecule has 0 aliphatic carbocycles. The quantitative estimate of drug-likeness (QED) is 0.689. The maximum Gasteiger partial charge on any atom is 0.410 e. The molecule has 1 unspecified atom stereocenters. The van der Waals surface area contributed by atoms with Crippen molar-refractivity contribution in [3.05, 3.63) is 39.9 Å². The second-order valence-electron chi connectivity index (χ2n) is 4.72. The molecule has 2 atom stereocenters. The van der Waals surface area contributed by atoms with Crippen molar-refractivity contribution in [3.63, 3.8) is 0 Å². The van der Waals surface area contributed by atoms with E-state index in [9.17, 15) is 28.1 Å². The largest absolute Gasteiger partial charge is 0.410 e. The summed E-state index contributed by atoms with van der Waals surface area (Å²) in [5, 5.41) is 12.4. The van der Waals surface area contributed by atoms with Gasteiger partial charge in [-0.1, -0.05) is 12.1 Å². The molecular formula is C12H12F3N3O3. The van der Waals surface area contributed by atoms with Crippen LogP contribution in [0.25, 0.3) is 0 Å². The zero-order valence-electron chi connectivity index (χ0n) is 10.9. The molecule has 6 nitrogen and oxygen atoms in total. The average molecular weight is 303 g/mol. The van der Waals surface area contributed by atoms with Crippen LogP contribution in [-0.4, -0.2) is 34.6 Å². The number of halogens is 3. The lowest BCUT2D eigenvalue weighted by molar-refractivity contribution is -0.384. The van der Waals surface area contributed by atoms with Gasteiger partial charge in [0, 0.05) is 12.1 Å². The second-order valence-corrected chi connectivity index (χ2v) is 4.72. The number of urea groups is 1. The molecule has 0 aromatic heterocycles. The van der Waals surface area contributed by atoms with Gasteiger partial charge >= 0.3 is 12.2 Å². The molecule has 0 bridgehead atoms. The van der Waals surface area contributed by atoms with Gasteiger partial charge < -0.3 is 10.2 Å². The number of carbonyl (C=O) groups excluding carboxylic acids is 1. The topological polar surface area (TPSA) is 75.5 Å². The van der Waals surface area contributed by atoms with Crippen LogP contribution >= 0.6 is 0 Å². The highest BCUT2D eigenvalue weighted by atomic mass is 19.4. The first-order valence-corrected chi connectivity index (χ1v) is 6.08. The highest BCUT2D eigenvalue weighted by molar-refractivity contribution is 5.77. The number of amides is 2. The number of nitrogens with zero attached hydrogens (tertiary/aromatic N) is 2. The maximum atomic E-state index is 12.6. The summed E-state index contributed by atoms with van der Waals surface area (Å²) >= 11 is 0. The smallest absolute Gasteiger partial charge is 0.324 e. The predicted octanol–water partition coefficient (Wildman–Crippen LogP) is 2.61. The minimum atomic E-state index is -4.50. The van der Waals surface area contributed by atoms with E-state index in [1.54, 1.807) is 6.92 Å². The molecule has 1 aliphatic heterocycles. The van der Waals surface area contributed by atoms with Crippen LogP contribution in [0.15, 0.2) is 24.3 Å². The van der Waals surface area contributed by atoms with Crippen molar-refractivity contribution in [2.24, 2.45) is 0 Å². The van der Waals surface area contributed by atoms with Crippen molar-refractivity contribution < 1.29 is 22.9 Å². The molecule has 114 valence electrons. The Labute approximate surface area is 117 Å². The Hall–Kier alpha value is -2.32. The Morgan fingerprint density at radius 1 is 1.38 bits per heavy atom. The Bertz CT molecular complexity index is 559. The molecule has 1 fully saturated rings. The molecule has 21 heavy (non-hydrogen) atoms. The summed E-state index contributed by atoms with van der Waals surface area (Å²) in [6.07, 6.45) is -4.50. The fourth-order valence-electron chi connectivity index (χ4n) is 2.13. The van der Waals surface area contributed by atoms with Crippen LogP contribution in [0.4, 0.5) is 23.7 Å². The van der Waals surface area contributed by atoms with Crippen molar-refractivity contribution in [2.75, 3.05) is 6.54 Å². The summed E-state index contributed by atoms with van der Waals surface area (Å²) in [4.78, 5) is 22.7. The number of benzene rings is 1. The first-order valence-electron chi connectivity index (χ1n) is 6.08. The summed E-state index contributed by atoms with van der Waals surface area (Å²) in [6, 6.07) is 2.04. The number of nitro benzene ring substituents is 1. The van der Waals surface area contributed by atoms with Crippen LogP contribution in [0.1, 0.15) is 18.5 Å². The molecule has 0 saturated carbocycles. The lowest BCUT2D eigenvalue weighted by atomic mass is 10.1. The highest BCUT2D eigenvalue weighted by Gasteiger charge is 2.47. The third-order valence-electron chi connectivity index (χ3n) is 3.39. The average Bonchev–Trinajstić information content (AvgIpc) is 2.80. The van der Waals surface area contributed by atoms with E-state index in [-0.39, 0.29) is 5.69 Å². The number of carbonyl (C=O) groups is 1. The van der Waals surface area contributed by atoms with Crippen LogP contribution in [-0.2, 0) is 0 Å². The molecule has 2 rings (SSSR count). The van der Waals surface area contributed by atoms with E-state index in [2.05, 4.69) is 0 Å². The summed E-state index contributed by atoms with van der Waals surface area (Å²) < 4.78 is 37.8. The Balaban J connectivity index is 2.15. The normalized spacial score (nSPS) is 20.3. The van der Waals surface area contributed by atoms with Gasteiger partial charge in [0.2, 0.25) is 0 Å². The van der Waals surface area contributed by atoms with E-state index < -0.39 is 35.8 Å². The molecule has 1 aromatic rings. The lowest BCUT2D eigenvalue weighted by Crippen LogP contribution is -2.40. The van der Waals surface area contributed by atoms with Gasteiger partial charge in [0.25, 0.3) is 5.69 Å². The lowest BCUT2D eigenvalue weighted by Gasteiger charge is -2.23. The van der Waals surface area contributed by atoms with E-state index in [1.807, 2.05) is 5.32 Å². The van der Waals surface area contributed by atoms with Crippen LogP contribution in [0, 0.1) is 10.1 Å². The SMILES string of the molecule is CC(c1ccc([N+](=O)[O-])cc1)N1C[C@@H](C(F)(F)F)NC1=O. The van der Waals surface area contributed by atoms with Crippen molar-refractivity contribution in [2.45, 2.75) is 25.2 Å². The first-order chi connectivity index (χ1) is 9.70. The minimum Gasteiger partial charge on any atom is -0.324 e. The van der Waals surface area contributed by atoms with Gasteiger partial charge in [-0.25, -0.2) is 4.79 Å². The predicted molar refractivity (Wildman–Crippen MR) is 66.6 cm³/mol. The van der Waals surface area contributed by atoms with Crippen molar-refractivity contribution >= 4 is 11.7 Å². The number of nitro groups is 1. The molecule has 9 heteroatoms. The highest BCUT2D eigenvalue weighted by Crippen LogP contribution is 2.30. The molecular weight excluding hydrogens is 291 g/mol. The number of rotatable bonds is 3. The Morgan fingerprint density at radius 3 is 2.38 bits per heavy atom. The number of hydrogen-bond acceptors (Lipinski definition) is 3. The van der Waals surface area contributed by atoms with Gasteiger partial charge in [-0.3, -0.25) is 10.1 Å². The number of alkyl halides is 3. The summed E-state index contributed by atoms with van der Waals surface area (Å²) in [5.41, 5.74) is 0.406. The first kappa shape index (κ1) is 15.1.